The lowest BCUT2D eigenvalue weighted by atomic mass is 10.0. The van der Waals surface area contributed by atoms with Gasteiger partial charge in [-0.2, -0.15) is 0 Å². The summed E-state index contributed by atoms with van der Waals surface area (Å²) in [7, 11) is 1.60. The number of hydrogen-bond acceptors (Lipinski definition) is 9. The predicted molar refractivity (Wildman–Crippen MR) is 169 cm³/mol. The maximum absolute atomic E-state index is 13.1. The number of aromatic hydroxyl groups is 1. The topological polar surface area (TPSA) is 138 Å². The van der Waals surface area contributed by atoms with Gasteiger partial charge in [0.1, 0.15) is 23.0 Å². The molecule has 0 saturated carbocycles. The summed E-state index contributed by atoms with van der Waals surface area (Å²) >= 11 is 2.20. The summed E-state index contributed by atoms with van der Waals surface area (Å²) in [6.45, 7) is 6.38. The van der Waals surface area contributed by atoms with Crippen molar-refractivity contribution in [3.05, 3.63) is 80.2 Å². The molecule has 11 nitrogen and oxygen atoms in total. The maximum Gasteiger partial charge on any atom is 0.295 e. The van der Waals surface area contributed by atoms with Crippen molar-refractivity contribution in [3.8, 4) is 23.0 Å². The van der Waals surface area contributed by atoms with Crippen molar-refractivity contribution >= 4 is 40.0 Å². The van der Waals surface area contributed by atoms with E-state index < -0.39 is 5.91 Å². The molecule has 1 heterocycles. The quantitative estimate of drug-likeness (QED) is 0.0979. The molecule has 4 rings (SSSR count). The minimum atomic E-state index is -0.441. The first kappa shape index (κ1) is 31.7. The molecule has 43 heavy (non-hydrogen) atoms. The van der Waals surface area contributed by atoms with Crippen LogP contribution in [-0.4, -0.2) is 57.3 Å². The van der Waals surface area contributed by atoms with Crippen LogP contribution in [0.1, 0.15) is 64.4 Å². The number of ether oxygens (including phenoxy) is 3. The molecule has 1 amide bonds. The number of carbonyl (C=O) groups is 2. The molecule has 0 radical (unpaired) electrons. The maximum atomic E-state index is 13.1. The average Bonchev–Trinajstić information content (AvgIpc) is 3.45. The Hall–Kier alpha value is -4.20. The lowest BCUT2D eigenvalue weighted by Crippen LogP contribution is -2.20. The van der Waals surface area contributed by atoms with E-state index in [1.165, 1.54) is 11.6 Å². The van der Waals surface area contributed by atoms with Crippen LogP contribution < -0.4 is 19.5 Å². The van der Waals surface area contributed by atoms with Crippen LogP contribution in [0.25, 0.3) is 0 Å². The summed E-state index contributed by atoms with van der Waals surface area (Å²) in [5, 5.41) is 25.1. The Morgan fingerprint density at radius 1 is 1.05 bits per heavy atom. The number of anilines is 1. The number of aryl methyl sites for hydroxylation is 1. The van der Waals surface area contributed by atoms with Crippen molar-refractivity contribution in [1.82, 2.24) is 20.2 Å². The van der Waals surface area contributed by atoms with Crippen molar-refractivity contribution in [3.63, 3.8) is 0 Å². The van der Waals surface area contributed by atoms with Crippen LogP contribution >= 0.6 is 22.6 Å². The first-order valence-electron chi connectivity index (χ1n) is 13.8. The number of amides is 1. The summed E-state index contributed by atoms with van der Waals surface area (Å²) < 4.78 is 19.5. The van der Waals surface area contributed by atoms with Crippen molar-refractivity contribution in [2.45, 2.75) is 46.6 Å². The van der Waals surface area contributed by atoms with Gasteiger partial charge in [-0.3, -0.25) is 9.59 Å². The van der Waals surface area contributed by atoms with Gasteiger partial charge < -0.3 is 24.6 Å². The standard InChI is InChI=1S/C31H34IN5O6/c1-5-7-24-27(13-12-23(20(3)38)29(24)39)42-14-6-15-43-28-17-26(19(2)16-25(28)32)33-31(40)30-34-35-36-37(30)18-21-8-10-22(41-4)11-9-21/h8-13,16-17,39H,5-7,14-15,18H2,1-4H3,(H,33,40). The molecule has 0 aliphatic carbocycles. The zero-order chi connectivity index (χ0) is 30.9. The summed E-state index contributed by atoms with van der Waals surface area (Å²) in [5.41, 5.74) is 3.30. The van der Waals surface area contributed by atoms with Gasteiger partial charge in [0.15, 0.2) is 5.78 Å². The van der Waals surface area contributed by atoms with E-state index >= 15 is 0 Å². The third kappa shape index (κ3) is 8.00. The number of carbonyl (C=O) groups excluding carboxylic acids is 2. The summed E-state index contributed by atoms with van der Waals surface area (Å²) in [6.07, 6.45) is 1.98. The first-order chi connectivity index (χ1) is 20.7. The van der Waals surface area contributed by atoms with E-state index in [4.69, 9.17) is 14.2 Å². The minimum absolute atomic E-state index is 0.0124. The van der Waals surface area contributed by atoms with Crippen molar-refractivity contribution in [2.75, 3.05) is 25.6 Å². The fraction of sp³-hybridized carbons (Fsp3) is 0.323. The molecule has 0 spiro atoms. The van der Waals surface area contributed by atoms with Crippen LogP contribution in [0.3, 0.4) is 0 Å². The Labute approximate surface area is 263 Å². The van der Waals surface area contributed by atoms with Crippen molar-refractivity contribution < 1.29 is 28.9 Å². The van der Waals surface area contributed by atoms with Gasteiger partial charge >= 0.3 is 0 Å². The van der Waals surface area contributed by atoms with E-state index in [0.29, 0.717) is 60.9 Å². The number of benzene rings is 3. The Bertz CT molecular complexity index is 1590. The second kappa shape index (κ2) is 14.8. The van der Waals surface area contributed by atoms with E-state index in [0.717, 1.165) is 26.9 Å². The van der Waals surface area contributed by atoms with Crippen molar-refractivity contribution in [2.24, 2.45) is 0 Å². The van der Waals surface area contributed by atoms with E-state index in [9.17, 15) is 14.7 Å². The molecule has 2 N–H and O–H groups in total. The van der Waals surface area contributed by atoms with E-state index in [1.54, 1.807) is 25.3 Å². The van der Waals surface area contributed by atoms with Crippen molar-refractivity contribution in [1.29, 1.82) is 0 Å². The van der Waals surface area contributed by atoms with Crippen LogP contribution in [0.4, 0.5) is 5.69 Å². The van der Waals surface area contributed by atoms with Gasteiger partial charge in [-0.1, -0.05) is 25.5 Å². The molecule has 4 aromatic rings. The number of hydrogen-bond donors (Lipinski definition) is 2. The van der Waals surface area contributed by atoms with E-state index in [2.05, 4.69) is 43.4 Å². The van der Waals surface area contributed by atoms with Gasteiger partial charge in [-0.25, -0.2) is 4.68 Å². The number of phenols is 1. The Balaban J connectivity index is 1.36. The Morgan fingerprint density at radius 3 is 2.44 bits per heavy atom. The molecule has 1 aromatic heterocycles. The number of Topliss-reactive ketones (excluding diaryl/α,β-unsaturated/α-hetero) is 1. The van der Waals surface area contributed by atoms with Crippen LogP contribution in [0.2, 0.25) is 0 Å². The molecule has 0 atom stereocenters. The van der Waals surface area contributed by atoms with Gasteiger partial charge in [0.05, 0.1) is 36.0 Å². The second-order valence-corrected chi connectivity index (χ2v) is 11.0. The monoisotopic (exact) mass is 699 g/mol. The summed E-state index contributed by atoms with van der Waals surface area (Å²) in [6, 6.07) is 14.5. The molecule has 0 aliphatic rings. The second-order valence-electron chi connectivity index (χ2n) is 9.85. The number of halogens is 1. The molecule has 0 saturated heterocycles. The highest BCUT2D eigenvalue weighted by Gasteiger charge is 2.19. The molecule has 226 valence electrons. The predicted octanol–water partition coefficient (Wildman–Crippen LogP) is 5.60. The molecule has 3 aromatic carbocycles. The number of nitrogens with one attached hydrogen (secondary N) is 1. The smallest absolute Gasteiger partial charge is 0.295 e. The zero-order valence-electron chi connectivity index (χ0n) is 24.5. The zero-order valence-corrected chi connectivity index (χ0v) is 26.7. The molecule has 0 bridgehead atoms. The van der Waals surface area contributed by atoms with E-state index in [-0.39, 0.29) is 17.4 Å². The lowest BCUT2D eigenvalue weighted by Gasteiger charge is -2.16. The number of aromatic nitrogens is 4. The number of methoxy groups -OCH3 is 1. The highest BCUT2D eigenvalue weighted by molar-refractivity contribution is 14.1. The summed E-state index contributed by atoms with van der Waals surface area (Å²) in [4.78, 5) is 24.9. The summed E-state index contributed by atoms with van der Waals surface area (Å²) in [5.74, 6) is 1.36. The van der Waals surface area contributed by atoms with Gasteiger partial charge in [-0.15, -0.1) is 5.10 Å². The molecule has 0 unspecified atom stereocenters. The SMILES string of the molecule is CCCc1c(OCCCOc2cc(NC(=O)c3nnnn3Cc3ccc(OC)cc3)c(C)cc2I)ccc(C(C)=O)c1O. The van der Waals surface area contributed by atoms with Gasteiger partial charge in [0, 0.05) is 23.7 Å². The number of tetrazole rings is 1. The Kier molecular flexibility index (Phi) is 10.9. The average molecular weight is 700 g/mol. The lowest BCUT2D eigenvalue weighted by molar-refractivity contribution is 0.100. The van der Waals surface area contributed by atoms with Gasteiger partial charge in [0.2, 0.25) is 5.82 Å². The molecule has 0 fully saturated rings. The van der Waals surface area contributed by atoms with E-state index in [1.807, 2.05) is 44.2 Å². The number of ketones is 1. The van der Waals surface area contributed by atoms with Crippen LogP contribution in [-0.2, 0) is 13.0 Å². The number of rotatable bonds is 14. The third-order valence-corrected chi connectivity index (χ3v) is 7.52. The Morgan fingerprint density at radius 2 is 1.77 bits per heavy atom. The normalized spacial score (nSPS) is 10.8. The van der Waals surface area contributed by atoms with Gasteiger partial charge in [0.25, 0.3) is 5.91 Å². The molecular weight excluding hydrogens is 665 g/mol. The fourth-order valence-electron chi connectivity index (χ4n) is 4.41. The fourth-order valence-corrected chi connectivity index (χ4v) is 5.18. The third-order valence-electron chi connectivity index (χ3n) is 6.68. The first-order valence-corrected chi connectivity index (χ1v) is 14.9. The number of phenolic OH excluding ortho intramolecular Hbond substituents is 1. The highest BCUT2D eigenvalue weighted by atomic mass is 127. The highest BCUT2D eigenvalue weighted by Crippen LogP contribution is 2.33. The van der Waals surface area contributed by atoms with Crippen LogP contribution in [0.15, 0.2) is 48.5 Å². The van der Waals surface area contributed by atoms with Gasteiger partial charge in [-0.05, 0) is 94.7 Å². The molecular formula is C31H34IN5O6. The van der Waals surface area contributed by atoms with Crippen LogP contribution in [0.5, 0.6) is 23.0 Å². The minimum Gasteiger partial charge on any atom is -0.507 e. The van der Waals surface area contributed by atoms with Crippen LogP contribution in [0, 0.1) is 10.5 Å². The molecule has 12 heteroatoms. The largest absolute Gasteiger partial charge is 0.507 e. The molecule has 0 aliphatic heterocycles. The number of nitrogens with zero attached hydrogens (tertiary/aromatic N) is 4.